The molecule has 1 heterocycles. The zero-order chi connectivity index (χ0) is 7.56. The quantitative estimate of drug-likeness (QED) is 0.580. The lowest BCUT2D eigenvalue weighted by molar-refractivity contribution is -0.147. The molecule has 1 aliphatic rings. The van der Waals surface area contributed by atoms with Crippen LogP contribution in [0.4, 0.5) is 0 Å². The van der Waals surface area contributed by atoms with E-state index in [1.807, 2.05) is 6.92 Å². The molecule has 1 aliphatic heterocycles. The van der Waals surface area contributed by atoms with Crippen LogP contribution in [0.2, 0.25) is 0 Å². The fourth-order valence-electron chi connectivity index (χ4n) is 0.877. The molecule has 1 N–H and O–H groups in total. The van der Waals surface area contributed by atoms with Crippen LogP contribution in [0.15, 0.2) is 12.2 Å². The van der Waals surface area contributed by atoms with Crippen molar-refractivity contribution in [1.29, 1.82) is 0 Å². The Morgan fingerprint density at radius 3 is 2.70 bits per heavy atom. The molecule has 10 heavy (non-hydrogen) atoms. The predicted molar refractivity (Wildman–Crippen MR) is 35.7 cm³/mol. The lowest BCUT2D eigenvalue weighted by Gasteiger charge is -2.07. The van der Waals surface area contributed by atoms with Gasteiger partial charge in [0, 0.05) is 0 Å². The van der Waals surface area contributed by atoms with Crippen molar-refractivity contribution in [3.05, 3.63) is 12.2 Å². The number of hydrogen-bond donors (Lipinski definition) is 1. The van der Waals surface area contributed by atoms with Gasteiger partial charge in [-0.3, -0.25) is 0 Å². The van der Waals surface area contributed by atoms with Crippen molar-refractivity contribution in [2.45, 2.75) is 25.6 Å². The van der Waals surface area contributed by atoms with Crippen LogP contribution >= 0.6 is 0 Å². The van der Waals surface area contributed by atoms with Gasteiger partial charge in [-0.25, -0.2) is 4.79 Å². The van der Waals surface area contributed by atoms with E-state index >= 15 is 0 Å². The molecule has 0 spiro atoms. The van der Waals surface area contributed by atoms with E-state index in [9.17, 15) is 4.79 Å². The number of carboxylic acids is 1. The van der Waals surface area contributed by atoms with Crippen LogP contribution in [0.25, 0.3) is 0 Å². The first-order valence-corrected chi connectivity index (χ1v) is 3.30. The van der Waals surface area contributed by atoms with Gasteiger partial charge in [-0.15, -0.1) is 0 Å². The first-order valence-electron chi connectivity index (χ1n) is 3.30. The largest absolute Gasteiger partial charge is 0.479 e. The van der Waals surface area contributed by atoms with E-state index in [0.29, 0.717) is 0 Å². The summed E-state index contributed by atoms with van der Waals surface area (Å²) in [6.45, 7) is 1.96. The Kier molecular flexibility index (Phi) is 2.06. The number of aliphatic carboxylic acids is 1. The molecule has 0 bridgehead atoms. The second-order valence-electron chi connectivity index (χ2n) is 2.23. The van der Waals surface area contributed by atoms with Gasteiger partial charge in [-0.05, 0) is 12.5 Å². The van der Waals surface area contributed by atoms with Crippen molar-refractivity contribution >= 4 is 5.97 Å². The Balaban J connectivity index is 2.45. The third-order valence-electron chi connectivity index (χ3n) is 1.47. The molecule has 0 saturated carbocycles. The van der Waals surface area contributed by atoms with E-state index in [4.69, 9.17) is 9.84 Å². The molecule has 0 aromatic carbocycles. The zero-order valence-electron chi connectivity index (χ0n) is 5.78. The minimum absolute atomic E-state index is 0.00102. The minimum Gasteiger partial charge on any atom is -0.479 e. The lowest BCUT2D eigenvalue weighted by Crippen LogP contribution is -2.20. The molecule has 0 amide bonds. The second-order valence-corrected chi connectivity index (χ2v) is 2.23. The minimum atomic E-state index is -0.910. The van der Waals surface area contributed by atoms with Crippen molar-refractivity contribution in [3.8, 4) is 0 Å². The maximum atomic E-state index is 10.3. The van der Waals surface area contributed by atoms with E-state index in [1.54, 1.807) is 12.2 Å². The van der Waals surface area contributed by atoms with Gasteiger partial charge in [-0.1, -0.05) is 13.0 Å². The van der Waals surface area contributed by atoms with Crippen LogP contribution in [-0.2, 0) is 9.53 Å². The summed E-state index contributed by atoms with van der Waals surface area (Å²) in [6, 6.07) is 0. The molecule has 2 unspecified atom stereocenters. The van der Waals surface area contributed by atoms with Crippen LogP contribution in [0, 0.1) is 0 Å². The molecule has 0 aromatic rings. The normalized spacial score (nSPS) is 30.9. The molecular formula is C7H10O3. The monoisotopic (exact) mass is 142 g/mol. The fourth-order valence-corrected chi connectivity index (χ4v) is 0.877. The van der Waals surface area contributed by atoms with E-state index in [2.05, 4.69) is 0 Å². The topological polar surface area (TPSA) is 46.5 Å². The van der Waals surface area contributed by atoms with E-state index < -0.39 is 12.1 Å². The van der Waals surface area contributed by atoms with Crippen LogP contribution < -0.4 is 0 Å². The zero-order valence-corrected chi connectivity index (χ0v) is 5.78. The number of ether oxygens (including phenoxy) is 1. The first kappa shape index (κ1) is 7.28. The van der Waals surface area contributed by atoms with E-state index in [-0.39, 0.29) is 6.10 Å². The summed E-state index contributed by atoms with van der Waals surface area (Å²) in [5.41, 5.74) is 0. The molecule has 0 aromatic heterocycles. The van der Waals surface area contributed by atoms with Gasteiger partial charge in [0.2, 0.25) is 0 Å². The van der Waals surface area contributed by atoms with Crippen LogP contribution in [0.5, 0.6) is 0 Å². The van der Waals surface area contributed by atoms with Gasteiger partial charge in [-0.2, -0.15) is 0 Å². The van der Waals surface area contributed by atoms with Crippen LogP contribution in [0.3, 0.4) is 0 Å². The summed E-state index contributed by atoms with van der Waals surface area (Å²) < 4.78 is 5.06. The molecule has 2 atom stereocenters. The Hall–Kier alpha value is -0.830. The Bertz CT molecular complexity index is 162. The van der Waals surface area contributed by atoms with Crippen molar-refractivity contribution in [2.75, 3.05) is 0 Å². The molecule has 3 nitrogen and oxygen atoms in total. The Morgan fingerprint density at radius 2 is 2.40 bits per heavy atom. The smallest absolute Gasteiger partial charge is 0.336 e. The molecule has 0 radical (unpaired) electrons. The molecule has 0 fully saturated rings. The molecule has 1 rings (SSSR count). The maximum absolute atomic E-state index is 10.3. The highest BCUT2D eigenvalue weighted by atomic mass is 16.5. The number of carboxylic acid groups (broad SMARTS) is 1. The van der Waals surface area contributed by atoms with E-state index in [1.165, 1.54) is 0 Å². The third kappa shape index (κ3) is 1.36. The fraction of sp³-hybridized carbons (Fsp3) is 0.571. The SMILES string of the molecule is CCC1C=CC(C(=O)O)O1. The van der Waals surface area contributed by atoms with E-state index in [0.717, 1.165) is 6.42 Å². The number of hydrogen-bond acceptors (Lipinski definition) is 2. The Labute approximate surface area is 59.3 Å². The number of rotatable bonds is 2. The summed E-state index contributed by atoms with van der Waals surface area (Å²) in [5, 5.41) is 8.45. The molecule has 0 saturated heterocycles. The average Bonchev–Trinajstić information content (AvgIpc) is 2.34. The summed E-state index contributed by atoms with van der Waals surface area (Å²) in [4.78, 5) is 10.3. The first-order chi connectivity index (χ1) is 4.74. The second kappa shape index (κ2) is 2.84. The Morgan fingerprint density at radius 1 is 1.70 bits per heavy atom. The summed E-state index contributed by atoms with van der Waals surface area (Å²) in [5.74, 6) is -0.910. The third-order valence-corrected chi connectivity index (χ3v) is 1.47. The van der Waals surface area contributed by atoms with Crippen molar-refractivity contribution in [2.24, 2.45) is 0 Å². The number of carbonyl (C=O) groups is 1. The van der Waals surface area contributed by atoms with Crippen LogP contribution in [-0.4, -0.2) is 23.3 Å². The van der Waals surface area contributed by atoms with Crippen molar-refractivity contribution in [1.82, 2.24) is 0 Å². The standard InChI is InChI=1S/C7H10O3/c1-2-5-3-4-6(10-5)7(8)9/h3-6H,2H2,1H3,(H,8,9). The lowest BCUT2D eigenvalue weighted by atomic mass is 10.3. The summed E-state index contributed by atoms with van der Waals surface area (Å²) >= 11 is 0. The van der Waals surface area contributed by atoms with Gasteiger partial charge in [0.05, 0.1) is 6.10 Å². The maximum Gasteiger partial charge on any atom is 0.336 e. The van der Waals surface area contributed by atoms with Gasteiger partial charge in [0.25, 0.3) is 0 Å². The molecule has 3 heteroatoms. The summed E-state index contributed by atoms with van der Waals surface area (Å²) in [6.07, 6.45) is 3.49. The van der Waals surface area contributed by atoms with Gasteiger partial charge in [0.15, 0.2) is 6.10 Å². The van der Waals surface area contributed by atoms with Crippen molar-refractivity contribution in [3.63, 3.8) is 0 Å². The van der Waals surface area contributed by atoms with Crippen LogP contribution in [0.1, 0.15) is 13.3 Å². The molecule has 0 aliphatic carbocycles. The highest BCUT2D eigenvalue weighted by Crippen LogP contribution is 2.13. The summed E-state index contributed by atoms with van der Waals surface area (Å²) in [7, 11) is 0. The molecular weight excluding hydrogens is 132 g/mol. The predicted octanol–water partition coefficient (Wildman–Crippen LogP) is 0.805. The molecule has 56 valence electrons. The van der Waals surface area contributed by atoms with Gasteiger partial charge in [0.1, 0.15) is 0 Å². The highest BCUT2D eigenvalue weighted by molar-refractivity contribution is 5.75. The average molecular weight is 142 g/mol. The van der Waals surface area contributed by atoms with Crippen molar-refractivity contribution < 1.29 is 14.6 Å². The van der Waals surface area contributed by atoms with Gasteiger partial charge >= 0.3 is 5.97 Å². The van der Waals surface area contributed by atoms with Gasteiger partial charge < -0.3 is 9.84 Å². The highest BCUT2D eigenvalue weighted by Gasteiger charge is 2.23.